The Morgan fingerprint density at radius 3 is 1.56 bits per heavy atom. The van der Waals surface area contributed by atoms with E-state index in [1.807, 2.05) is 65.6 Å². The Bertz CT molecular complexity index is 3620. The van der Waals surface area contributed by atoms with E-state index >= 15 is 4.39 Å². The Labute approximate surface area is 454 Å². The van der Waals surface area contributed by atoms with Crippen LogP contribution in [0.4, 0.5) is 10.1 Å². The number of nitriles is 2. The minimum Gasteiger partial charge on any atom is -0.489 e. The average Bonchev–Trinajstić information content (AvgIpc) is 4.22. The summed E-state index contributed by atoms with van der Waals surface area (Å²) < 4.78 is 37.5. The number of fused-ring (bicyclic) bond motifs is 2. The van der Waals surface area contributed by atoms with Crippen molar-refractivity contribution >= 4 is 45.3 Å². The molecule has 402 valence electrons. The zero-order valence-electron chi connectivity index (χ0n) is 43.3. The van der Waals surface area contributed by atoms with Crippen LogP contribution < -0.4 is 14.4 Å². The van der Waals surface area contributed by atoms with E-state index in [1.54, 1.807) is 64.7 Å². The highest BCUT2D eigenvalue weighted by atomic mass is 19.1. The number of H-pyrrole nitrogens is 2. The van der Waals surface area contributed by atoms with Crippen molar-refractivity contribution in [3.05, 3.63) is 138 Å². The van der Waals surface area contributed by atoms with E-state index in [1.165, 1.54) is 7.11 Å². The normalized spacial score (nSPS) is 15.0. The third kappa shape index (κ3) is 11.7. The number of aromatic amines is 2. The Morgan fingerprint density at radius 2 is 1.10 bits per heavy atom. The molecule has 3 aliphatic heterocycles. The first-order valence-corrected chi connectivity index (χ1v) is 26.0. The number of morpholine rings is 1. The van der Waals surface area contributed by atoms with Gasteiger partial charge in [0.2, 0.25) is 11.8 Å². The van der Waals surface area contributed by atoms with Gasteiger partial charge in [-0.05, 0) is 90.5 Å². The minimum absolute atomic E-state index is 0.116. The van der Waals surface area contributed by atoms with Crippen LogP contribution in [0.15, 0.2) is 116 Å². The molecule has 18 nitrogen and oxygen atoms in total. The third-order valence-corrected chi connectivity index (χ3v) is 14.5. The third-order valence-electron chi connectivity index (χ3n) is 14.5. The van der Waals surface area contributed by atoms with Gasteiger partial charge >= 0.3 is 5.97 Å². The number of likely N-dealkylation sites (tertiary alicyclic amines) is 2. The smallest absolute Gasteiger partial charge is 0.337 e. The van der Waals surface area contributed by atoms with Crippen molar-refractivity contribution in [2.75, 3.05) is 77.7 Å². The van der Waals surface area contributed by atoms with Crippen LogP contribution >= 0.6 is 0 Å². The predicted molar refractivity (Wildman–Crippen MR) is 292 cm³/mol. The second-order valence-electron chi connectivity index (χ2n) is 19.3. The molecular formula is C60H56FN9O9. The van der Waals surface area contributed by atoms with Crippen molar-refractivity contribution in [3.8, 4) is 68.7 Å². The monoisotopic (exact) mass is 1070 g/mol. The van der Waals surface area contributed by atoms with Crippen LogP contribution in [0, 0.1) is 28.5 Å². The summed E-state index contributed by atoms with van der Waals surface area (Å²) in [5.41, 5.74) is 9.87. The van der Waals surface area contributed by atoms with Gasteiger partial charge in [0.25, 0.3) is 0 Å². The maximum Gasteiger partial charge on any atom is 0.337 e. The maximum atomic E-state index is 15.1. The van der Waals surface area contributed by atoms with Gasteiger partial charge < -0.3 is 53.8 Å². The lowest BCUT2D eigenvalue weighted by molar-refractivity contribution is -0.136. The second-order valence-corrected chi connectivity index (χ2v) is 19.3. The number of nitrogens with one attached hydrogen (secondary N) is 2. The molecule has 0 radical (unpaired) electrons. The molecule has 4 N–H and O–H groups in total. The number of aliphatic hydroxyl groups is 2. The molecule has 0 aliphatic carbocycles. The molecule has 0 saturated carbocycles. The maximum absolute atomic E-state index is 15.1. The van der Waals surface area contributed by atoms with Crippen LogP contribution in [0.3, 0.4) is 0 Å². The molecule has 0 unspecified atom stereocenters. The van der Waals surface area contributed by atoms with Gasteiger partial charge in [0, 0.05) is 127 Å². The molecule has 8 aromatic rings. The lowest BCUT2D eigenvalue weighted by Crippen LogP contribution is -2.42. The van der Waals surface area contributed by atoms with Crippen LogP contribution in [0.5, 0.6) is 11.5 Å². The molecule has 3 saturated heterocycles. The topological polar surface area (TPSA) is 243 Å². The van der Waals surface area contributed by atoms with Gasteiger partial charge in [-0.15, -0.1) is 0 Å². The molecule has 0 spiro atoms. The number of anilines is 1. The van der Waals surface area contributed by atoms with Gasteiger partial charge in [-0.25, -0.2) is 9.18 Å². The summed E-state index contributed by atoms with van der Waals surface area (Å²) in [6, 6.07) is 35.5. The first-order valence-electron chi connectivity index (χ1n) is 26.0. The van der Waals surface area contributed by atoms with Crippen LogP contribution in [0.2, 0.25) is 0 Å². The highest BCUT2D eigenvalue weighted by Gasteiger charge is 2.27. The van der Waals surface area contributed by atoms with Crippen LogP contribution in [0.25, 0.3) is 66.8 Å². The Balaban J connectivity index is 0.000000179. The minimum atomic E-state index is -0.493. The van der Waals surface area contributed by atoms with Gasteiger partial charge in [-0.1, -0.05) is 18.2 Å². The number of aromatic nitrogens is 4. The highest BCUT2D eigenvalue weighted by molar-refractivity contribution is 5.98. The number of halogens is 1. The number of benzene rings is 4. The number of piperidine rings is 2. The number of hydrogen-bond acceptors (Lipinski definition) is 14. The number of rotatable bonds is 12. The Hall–Kier alpha value is -9.14. The first kappa shape index (κ1) is 53.3. The summed E-state index contributed by atoms with van der Waals surface area (Å²) in [5, 5.41) is 39.6. The number of ether oxygens (including phenoxy) is 4. The fourth-order valence-electron chi connectivity index (χ4n) is 10.3. The molecule has 11 rings (SSSR count). The molecular weight excluding hydrogens is 1010 g/mol. The predicted octanol–water partition coefficient (Wildman–Crippen LogP) is 8.02. The Morgan fingerprint density at radius 1 is 0.633 bits per heavy atom. The number of hydrogen-bond donors (Lipinski definition) is 4. The van der Waals surface area contributed by atoms with Crippen LogP contribution in [0.1, 0.15) is 47.2 Å². The van der Waals surface area contributed by atoms with Gasteiger partial charge in [0.1, 0.15) is 54.9 Å². The lowest BCUT2D eigenvalue weighted by atomic mass is 10.0. The quantitative estimate of drug-likeness (QED) is 0.0847. The number of pyridine rings is 2. The van der Waals surface area contributed by atoms with Crippen molar-refractivity contribution in [1.82, 2.24) is 29.7 Å². The summed E-state index contributed by atoms with van der Waals surface area (Å²) >= 11 is 0. The number of esters is 1. The highest BCUT2D eigenvalue weighted by Crippen LogP contribution is 2.37. The van der Waals surface area contributed by atoms with E-state index in [2.05, 4.69) is 32.1 Å². The molecule has 3 fully saturated rings. The zero-order chi connectivity index (χ0) is 55.0. The Kier molecular flexibility index (Phi) is 16.2. The number of carbonyl (C=O) groups is 3. The zero-order valence-corrected chi connectivity index (χ0v) is 43.3. The fraction of sp³-hybridized carbons (Fsp3) is 0.283. The molecule has 19 heteroatoms. The molecule has 4 aromatic carbocycles. The molecule has 2 amide bonds. The molecule has 7 heterocycles. The first-order chi connectivity index (χ1) is 38.5. The lowest BCUT2D eigenvalue weighted by Gasteiger charge is -2.32. The number of methoxy groups -OCH3 is 1. The summed E-state index contributed by atoms with van der Waals surface area (Å²) in [6.45, 7) is 3.56. The molecule has 79 heavy (non-hydrogen) atoms. The van der Waals surface area contributed by atoms with Crippen molar-refractivity contribution in [1.29, 1.82) is 10.5 Å². The number of carbonyl (C=O) groups excluding carboxylic acids is 3. The largest absolute Gasteiger partial charge is 0.489 e. The van der Waals surface area contributed by atoms with Crippen LogP contribution in [-0.2, 0) is 19.1 Å². The van der Waals surface area contributed by atoms with E-state index in [0.717, 1.165) is 61.1 Å². The summed E-state index contributed by atoms with van der Waals surface area (Å²) in [4.78, 5) is 56.4. The van der Waals surface area contributed by atoms with Gasteiger partial charge in [0.05, 0.1) is 54.1 Å². The fourth-order valence-corrected chi connectivity index (χ4v) is 10.3. The van der Waals surface area contributed by atoms with Crippen molar-refractivity contribution < 1.29 is 47.9 Å². The van der Waals surface area contributed by atoms with Crippen molar-refractivity contribution in [2.24, 2.45) is 0 Å². The van der Waals surface area contributed by atoms with Gasteiger partial charge in [-0.2, -0.15) is 10.5 Å². The van der Waals surface area contributed by atoms with E-state index in [9.17, 15) is 24.9 Å². The number of nitrogens with zero attached hydrogens (tertiary/aromatic N) is 7. The summed E-state index contributed by atoms with van der Waals surface area (Å²) in [5.74, 6) is -0.241. The summed E-state index contributed by atoms with van der Waals surface area (Å²) in [6.07, 6.45) is 5.69. The average molecular weight is 1070 g/mol. The van der Waals surface area contributed by atoms with Gasteiger partial charge in [-0.3, -0.25) is 19.6 Å². The SMILES string of the molecule is COC(=O)c1ccc(-c2cc3c(-c4ccc(OC5CCN(C(=O)CO)CC5)c(C#N)c4)nccc3[nH]2)cc1.N#Cc1cc(-c2nccc3[nH]c(-c4ccc(N5CCOCC5)c(F)c4)cc23)ccc1OC1CCN(C(=O)CO)CC1. The second kappa shape index (κ2) is 24.0. The number of aliphatic hydroxyl groups excluding tert-OH is 2. The van der Waals surface area contributed by atoms with Crippen LogP contribution in [-0.4, -0.2) is 143 Å². The van der Waals surface area contributed by atoms with E-state index in [4.69, 9.17) is 29.2 Å². The van der Waals surface area contributed by atoms with Crippen molar-refractivity contribution in [2.45, 2.75) is 37.9 Å². The molecule has 0 atom stereocenters. The standard InChI is InChI=1S/C31H30FN5O4.C29H26N4O5/c32-25-16-20(1-3-28(25)36-11-13-40-14-12-36)27-17-24-26(35-27)5-8-34-31(24)21-2-4-29(22(15-21)18-33)41-23-6-9-37(10-7-23)30(39)19-38;1-37-29(36)19-4-2-18(3-5-19)25-15-23-24(32-25)8-11-31-28(23)20-6-7-26(21(14-20)16-30)38-22-9-12-33(13-10-22)27(35)17-34/h1-5,8,15-17,23,35,38H,6-7,9-14,19H2;2-8,11,14-15,22,32,34H,9-10,12-13,17H2,1H3. The summed E-state index contributed by atoms with van der Waals surface area (Å²) in [7, 11) is 1.35. The molecule has 4 aromatic heterocycles. The number of amides is 2. The van der Waals surface area contributed by atoms with E-state index in [0.29, 0.717) is 118 Å². The van der Waals surface area contributed by atoms with E-state index in [-0.39, 0.29) is 35.8 Å². The van der Waals surface area contributed by atoms with Crippen molar-refractivity contribution in [3.63, 3.8) is 0 Å². The van der Waals surface area contributed by atoms with E-state index < -0.39 is 13.2 Å². The molecule has 0 bridgehead atoms. The van der Waals surface area contributed by atoms with Gasteiger partial charge in [0.15, 0.2) is 0 Å². The molecule has 3 aliphatic rings.